The molecule has 1 unspecified atom stereocenters. The lowest BCUT2D eigenvalue weighted by Gasteiger charge is -2.23. The van der Waals surface area contributed by atoms with Crippen molar-refractivity contribution in [3.8, 4) is 0 Å². The normalized spacial score (nSPS) is 20.8. The van der Waals surface area contributed by atoms with Gasteiger partial charge < -0.3 is 24.2 Å². The second-order valence-corrected chi connectivity index (χ2v) is 13.6. The maximum absolute atomic E-state index is 12.5. The summed E-state index contributed by atoms with van der Waals surface area (Å²) in [5, 5.41) is 9.60. The van der Waals surface area contributed by atoms with Crippen LogP contribution in [0.3, 0.4) is 0 Å². The molecule has 1 atom stereocenters. The highest BCUT2D eigenvalue weighted by Crippen LogP contribution is 2.24. The van der Waals surface area contributed by atoms with Gasteiger partial charge in [-0.2, -0.15) is 0 Å². The van der Waals surface area contributed by atoms with Gasteiger partial charge in [0.05, 0.1) is 36.9 Å². The number of likely N-dealkylation sites (tertiary alicyclic amines) is 1. The second kappa shape index (κ2) is 6.85. The van der Waals surface area contributed by atoms with Gasteiger partial charge in [-0.15, -0.1) is 0 Å². The zero-order valence-electron chi connectivity index (χ0n) is 14.9. The number of urea groups is 1. The van der Waals surface area contributed by atoms with E-state index in [2.05, 4.69) is 24.6 Å². The summed E-state index contributed by atoms with van der Waals surface area (Å²) >= 11 is 0. The Labute approximate surface area is 144 Å². The molecule has 1 aromatic rings. The van der Waals surface area contributed by atoms with Gasteiger partial charge in [0.25, 0.3) is 0 Å². The van der Waals surface area contributed by atoms with Gasteiger partial charge in [0.2, 0.25) is 0 Å². The number of carbonyl (C=O) groups is 1. The van der Waals surface area contributed by atoms with Crippen LogP contribution in [0.4, 0.5) is 4.79 Å². The van der Waals surface area contributed by atoms with Crippen molar-refractivity contribution in [2.45, 2.75) is 58.0 Å². The number of hydrogen-bond donors (Lipinski definition) is 1. The number of rotatable bonds is 5. The number of amides is 2. The molecule has 3 rings (SSSR count). The van der Waals surface area contributed by atoms with Crippen LogP contribution in [0.25, 0.3) is 0 Å². The van der Waals surface area contributed by atoms with Crippen LogP contribution in [-0.4, -0.2) is 64.4 Å². The van der Waals surface area contributed by atoms with E-state index in [9.17, 15) is 9.90 Å². The van der Waals surface area contributed by atoms with Crippen LogP contribution in [-0.2, 0) is 24.6 Å². The highest BCUT2D eigenvalue weighted by atomic mass is 28.3. The lowest BCUT2D eigenvalue weighted by molar-refractivity contribution is 0.0841. The lowest BCUT2D eigenvalue weighted by atomic mass is 10.3. The lowest BCUT2D eigenvalue weighted by Crippen LogP contribution is -2.39. The highest BCUT2D eigenvalue weighted by molar-refractivity contribution is 6.76. The van der Waals surface area contributed by atoms with Crippen molar-refractivity contribution < 1.29 is 14.6 Å². The fourth-order valence-corrected chi connectivity index (χ4v) is 3.84. The number of ether oxygens (including phenoxy) is 1. The second-order valence-electron chi connectivity index (χ2n) is 7.98. The molecule has 1 N–H and O–H groups in total. The SMILES string of the molecule is C[Si](C)(C)CCOCn1cnc2c1CN(C(=O)N1CCC(O)C1)C2. The van der Waals surface area contributed by atoms with Crippen LogP contribution in [0.15, 0.2) is 6.33 Å². The number of imidazole rings is 1. The summed E-state index contributed by atoms with van der Waals surface area (Å²) in [6, 6.07) is 1.14. The van der Waals surface area contributed by atoms with Crippen molar-refractivity contribution in [3.63, 3.8) is 0 Å². The minimum absolute atomic E-state index is 0.00393. The minimum atomic E-state index is -1.08. The van der Waals surface area contributed by atoms with E-state index in [4.69, 9.17) is 4.74 Å². The van der Waals surface area contributed by atoms with Gasteiger partial charge in [0.1, 0.15) is 6.73 Å². The average molecular weight is 353 g/mol. The van der Waals surface area contributed by atoms with E-state index in [0.717, 1.165) is 24.0 Å². The standard InChI is InChI=1S/C16H28N4O3Si/c1-24(2,3)7-6-23-12-20-11-17-14-9-19(10-15(14)20)16(22)18-5-4-13(21)8-18/h11,13,21H,4-10,12H2,1-3H3. The Bertz CT molecular complexity index is 599. The quantitative estimate of drug-likeness (QED) is 0.647. The fourth-order valence-electron chi connectivity index (χ4n) is 3.08. The first-order valence-electron chi connectivity index (χ1n) is 8.66. The number of fused-ring (bicyclic) bond motifs is 1. The number of carbonyl (C=O) groups excluding carboxylic acids is 1. The fraction of sp³-hybridized carbons (Fsp3) is 0.750. The topological polar surface area (TPSA) is 70.8 Å². The number of aliphatic hydroxyl groups is 1. The molecule has 2 amide bonds. The van der Waals surface area contributed by atoms with Gasteiger partial charge >= 0.3 is 6.03 Å². The first kappa shape index (κ1) is 17.4. The van der Waals surface area contributed by atoms with Crippen LogP contribution in [0.2, 0.25) is 25.7 Å². The first-order valence-corrected chi connectivity index (χ1v) is 12.4. The van der Waals surface area contributed by atoms with Crippen molar-refractivity contribution in [3.05, 3.63) is 17.7 Å². The Kier molecular flexibility index (Phi) is 4.98. The summed E-state index contributed by atoms with van der Waals surface area (Å²) < 4.78 is 7.81. The third-order valence-electron chi connectivity index (χ3n) is 4.65. The van der Waals surface area contributed by atoms with Crippen molar-refractivity contribution in [1.29, 1.82) is 0 Å². The van der Waals surface area contributed by atoms with E-state index in [1.807, 2.05) is 4.57 Å². The van der Waals surface area contributed by atoms with Gasteiger partial charge in [-0.05, 0) is 12.5 Å². The van der Waals surface area contributed by atoms with Gasteiger partial charge in [0.15, 0.2) is 0 Å². The molecule has 7 nitrogen and oxygen atoms in total. The molecule has 0 bridgehead atoms. The van der Waals surface area contributed by atoms with E-state index in [1.54, 1.807) is 16.1 Å². The predicted octanol–water partition coefficient (Wildman–Crippen LogP) is 1.70. The highest BCUT2D eigenvalue weighted by Gasteiger charge is 2.33. The molecule has 8 heteroatoms. The molecule has 0 spiro atoms. The number of nitrogens with zero attached hydrogens (tertiary/aromatic N) is 4. The summed E-state index contributed by atoms with van der Waals surface area (Å²) in [7, 11) is -1.08. The molecule has 3 heterocycles. The van der Waals surface area contributed by atoms with Crippen LogP contribution in [0, 0.1) is 0 Å². The summed E-state index contributed by atoms with van der Waals surface area (Å²) in [5.41, 5.74) is 2.02. The van der Waals surface area contributed by atoms with Gasteiger partial charge in [-0.25, -0.2) is 9.78 Å². The Morgan fingerprint density at radius 3 is 2.83 bits per heavy atom. The smallest absolute Gasteiger partial charge is 0.320 e. The first-order chi connectivity index (χ1) is 11.3. The number of β-amino-alcohol motifs (C(OH)–C–C–N with tert-alkyl or cyclic N) is 1. The average Bonchev–Trinajstić information content (AvgIpc) is 3.18. The van der Waals surface area contributed by atoms with E-state index >= 15 is 0 Å². The summed E-state index contributed by atoms with van der Waals surface area (Å²) in [6.45, 7) is 10.5. The summed E-state index contributed by atoms with van der Waals surface area (Å²) in [5.74, 6) is 0. The molecular formula is C16H28N4O3Si. The van der Waals surface area contributed by atoms with E-state index < -0.39 is 8.07 Å². The van der Waals surface area contributed by atoms with E-state index in [-0.39, 0.29) is 12.1 Å². The number of hydrogen-bond acceptors (Lipinski definition) is 4. The zero-order chi connectivity index (χ0) is 17.3. The summed E-state index contributed by atoms with van der Waals surface area (Å²) in [6.07, 6.45) is 2.09. The molecule has 24 heavy (non-hydrogen) atoms. The van der Waals surface area contributed by atoms with Gasteiger partial charge in [0, 0.05) is 27.8 Å². The third kappa shape index (κ3) is 3.99. The molecular weight excluding hydrogens is 324 g/mol. The van der Waals surface area contributed by atoms with Gasteiger partial charge in [-0.3, -0.25) is 0 Å². The van der Waals surface area contributed by atoms with Gasteiger partial charge in [-0.1, -0.05) is 19.6 Å². The Morgan fingerprint density at radius 1 is 1.38 bits per heavy atom. The molecule has 2 aliphatic rings. The van der Waals surface area contributed by atoms with Crippen LogP contribution < -0.4 is 0 Å². The Morgan fingerprint density at radius 2 is 2.17 bits per heavy atom. The maximum Gasteiger partial charge on any atom is 0.320 e. The van der Waals surface area contributed by atoms with Crippen molar-refractivity contribution >= 4 is 14.1 Å². The molecule has 1 aromatic heterocycles. The molecule has 0 radical (unpaired) electrons. The molecule has 0 aliphatic carbocycles. The minimum Gasteiger partial charge on any atom is -0.391 e. The van der Waals surface area contributed by atoms with Crippen LogP contribution in [0.5, 0.6) is 0 Å². The zero-order valence-corrected chi connectivity index (χ0v) is 15.9. The monoisotopic (exact) mass is 352 g/mol. The number of aliphatic hydroxyl groups excluding tert-OH is 1. The van der Waals surface area contributed by atoms with Crippen molar-refractivity contribution in [2.24, 2.45) is 0 Å². The van der Waals surface area contributed by atoms with E-state index in [0.29, 0.717) is 39.3 Å². The molecule has 2 aliphatic heterocycles. The van der Waals surface area contributed by atoms with Crippen LogP contribution >= 0.6 is 0 Å². The third-order valence-corrected chi connectivity index (χ3v) is 6.35. The Balaban J connectivity index is 1.52. The Hall–Kier alpha value is -1.38. The molecule has 0 aromatic carbocycles. The van der Waals surface area contributed by atoms with E-state index in [1.165, 1.54) is 0 Å². The molecule has 1 fully saturated rings. The maximum atomic E-state index is 12.5. The largest absolute Gasteiger partial charge is 0.391 e. The summed E-state index contributed by atoms with van der Waals surface area (Å²) in [4.78, 5) is 20.5. The van der Waals surface area contributed by atoms with Crippen molar-refractivity contribution in [1.82, 2.24) is 19.4 Å². The van der Waals surface area contributed by atoms with Crippen molar-refractivity contribution in [2.75, 3.05) is 19.7 Å². The molecule has 1 saturated heterocycles. The molecule has 134 valence electrons. The van der Waals surface area contributed by atoms with Crippen LogP contribution in [0.1, 0.15) is 17.8 Å². The predicted molar refractivity (Wildman–Crippen MR) is 93.2 cm³/mol. The molecule has 0 saturated carbocycles. The number of aromatic nitrogens is 2.